The molecule has 0 aliphatic carbocycles. The van der Waals surface area contributed by atoms with E-state index >= 15 is 0 Å². The van der Waals surface area contributed by atoms with E-state index in [0.29, 0.717) is 11.6 Å². The van der Waals surface area contributed by atoms with Gasteiger partial charge in [0.2, 0.25) is 11.8 Å². The molecule has 2 unspecified atom stereocenters. The van der Waals surface area contributed by atoms with E-state index in [1.54, 1.807) is 18.0 Å². The van der Waals surface area contributed by atoms with Crippen molar-refractivity contribution in [3.05, 3.63) is 46.5 Å². The van der Waals surface area contributed by atoms with Crippen LogP contribution in [0.5, 0.6) is 0 Å². The summed E-state index contributed by atoms with van der Waals surface area (Å²) >= 11 is 6.08. The third-order valence-corrected chi connectivity index (χ3v) is 5.00. The molecule has 2 aliphatic rings. The van der Waals surface area contributed by atoms with Crippen LogP contribution in [0.25, 0.3) is 0 Å². The third-order valence-electron chi connectivity index (χ3n) is 4.76. The molecule has 2 heterocycles. The molecule has 2 N–H and O–H groups in total. The second-order valence-corrected chi connectivity index (χ2v) is 6.79. The van der Waals surface area contributed by atoms with E-state index in [1.807, 2.05) is 18.2 Å². The van der Waals surface area contributed by atoms with Gasteiger partial charge >= 0.3 is 0 Å². The van der Waals surface area contributed by atoms with Gasteiger partial charge in [0.1, 0.15) is 0 Å². The monoisotopic (exact) mass is 383 g/mol. The Morgan fingerprint density at radius 1 is 1.44 bits per heavy atom. The van der Waals surface area contributed by atoms with Crippen LogP contribution in [0, 0.1) is 5.92 Å². The van der Waals surface area contributed by atoms with Crippen molar-refractivity contribution in [1.82, 2.24) is 15.5 Å². The van der Waals surface area contributed by atoms with Crippen molar-refractivity contribution in [2.45, 2.75) is 18.9 Å². The molecule has 1 saturated heterocycles. The van der Waals surface area contributed by atoms with E-state index in [9.17, 15) is 9.59 Å². The molecule has 0 spiro atoms. The van der Waals surface area contributed by atoms with E-state index in [-0.39, 0.29) is 42.6 Å². The van der Waals surface area contributed by atoms with Gasteiger partial charge in [-0.05, 0) is 30.7 Å². The molecular weight excluding hydrogens is 361 g/mol. The molecular formula is C18H23Cl2N3O2. The van der Waals surface area contributed by atoms with Crippen molar-refractivity contribution >= 4 is 35.8 Å². The zero-order valence-corrected chi connectivity index (χ0v) is 15.7. The lowest BCUT2D eigenvalue weighted by Crippen LogP contribution is -2.36. The van der Waals surface area contributed by atoms with Gasteiger partial charge in [-0.1, -0.05) is 35.4 Å². The van der Waals surface area contributed by atoms with E-state index in [2.05, 4.69) is 16.7 Å². The Labute approximate surface area is 159 Å². The van der Waals surface area contributed by atoms with Crippen LogP contribution in [0.2, 0.25) is 5.02 Å². The smallest absolute Gasteiger partial charge is 0.226 e. The highest BCUT2D eigenvalue weighted by Crippen LogP contribution is 2.37. The van der Waals surface area contributed by atoms with Gasteiger partial charge in [0, 0.05) is 31.6 Å². The van der Waals surface area contributed by atoms with Gasteiger partial charge in [-0.15, -0.1) is 12.4 Å². The highest BCUT2D eigenvalue weighted by Gasteiger charge is 2.42. The maximum Gasteiger partial charge on any atom is 0.226 e. The number of nitrogens with zero attached hydrogens (tertiary/aromatic N) is 1. The van der Waals surface area contributed by atoms with E-state index < -0.39 is 0 Å². The van der Waals surface area contributed by atoms with Crippen LogP contribution in [0.4, 0.5) is 0 Å². The van der Waals surface area contributed by atoms with Crippen LogP contribution in [0.3, 0.4) is 0 Å². The summed E-state index contributed by atoms with van der Waals surface area (Å²) in [6.45, 7) is 2.34. The number of nitrogens with one attached hydrogen (secondary N) is 2. The lowest BCUT2D eigenvalue weighted by molar-refractivity contribution is -0.128. The lowest BCUT2D eigenvalue weighted by Gasteiger charge is -2.25. The summed E-state index contributed by atoms with van der Waals surface area (Å²) in [4.78, 5) is 26.5. The molecule has 136 valence electrons. The van der Waals surface area contributed by atoms with Crippen LogP contribution in [0.15, 0.2) is 35.9 Å². The predicted molar refractivity (Wildman–Crippen MR) is 101 cm³/mol. The van der Waals surface area contributed by atoms with Gasteiger partial charge in [0.05, 0.1) is 12.0 Å². The number of carbonyl (C=O) groups excluding carboxylic acids is 2. The van der Waals surface area contributed by atoms with E-state index in [1.165, 1.54) is 5.57 Å². The number of likely N-dealkylation sites (tertiary alicyclic amines) is 1. The summed E-state index contributed by atoms with van der Waals surface area (Å²) in [6, 6.07) is 7.13. The Balaban J connectivity index is 0.00000225. The molecule has 5 nitrogen and oxygen atoms in total. The van der Waals surface area contributed by atoms with Crippen LogP contribution in [-0.4, -0.2) is 43.4 Å². The summed E-state index contributed by atoms with van der Waals surface area (Å²) in [5.41, 5.74) is 2.14. The van der Waals surface area contributed by atoms with Crippen LogP contribution >= 0.6 is 24.0 Å². The predicted octanol–water partition coefficient (Wildman–Crippen LogP) is 2.32. The highest BCUT2D eigenvalue weighted by atomic mass is 35.5. The summed E-state index contributed by atoms with van der Waals surface area (Å²) in [5.74, 6) is -0.471. The van der Waals surface area contributed by atoms with Crippen molar-refractivity contribution < 1.29 is 9.59 Å². The van der Waals surface area contributed by atoms with Crippen LogP contribution in [0.1, 0.15) is 24.4 Å². The Morgan fingerprint density at radius 3 is 2.92 bits per heavy atom. The Hall–Kier alpha value is -1.56. The molecule has 3 rings (SSSR count). The molecule has 2 amide bonds. The standard InChI is InChI=1S/C18H22ClN3O2.ClH/c1-22-16(23)10-15(17(22)13-3-2-4-14(19)9-13)18(24)21-11-12-5-7-20-8-6-12;/h2-5,9,15,17,20H,6-8,10-11H2,1H3,(H,21,24);1H. The van der Waals surface area contributed by atoms with Crippen LogP contribution < -0.4 is 10.6 Å². The third kappa shape index (κ3) is 4.54. The number of hydrogen-bond acceptors (Lipinski definition) is 3. The van der Waals surface area contributed by atoms with Crippen molar-refractivity contribution in [3.8, 4) is 0 Å². The maximum atomic E-state index is 12.7. The summed E-state index contributed by atoms with van der Waals surface area (Å²) in [5, 5.41) is 6.86. The van der Waals surface area contributed by atoms with Crippen molar-refractivity contribution in [2.24, 2.45) is 5.92 Å². The first-order valence-corrected chi connectivity index (χ1v) is 8.61. The molecule has 1 fully saturated rings. The number of rotatable bonds is 4. The summed E-state index contributed by atoms with van der Waals surface area (Å²) < 4.78 is 0. The molecule has 0 aromatic heterocycles. The minimum atomic E-state index is -0.386. The van der Waals surface area contributed by atoms with Crippen molar-refractivity contribution in [1.29, 1.82) is 0 Å². The quantitative estimate of drug-likeness (QED) is 0.784. The Kier molecular flexibility index (Phi) is 6.87. The number of carbonyl (C=O) groups is 2. The number of benzene rings is 1. The molecule has 1 aromatic carbocycles. The summed E-state index contributed by atoms with van der Waals surface area (Å²) in [7, 11) is 1.75. The molecule has 0 saturated carbocycles. The fourth-order valence-electron chi connectivity index (χ4n) is 3.41. The van der Waals surface area contributed by atoms with Crippen LogP contribution in [-0.2, 0) is 9.59 Å². The minimum absolute atomic E-state index is 0. The fraction of sp³-hybridized carbons (Fsp3) is 0.444. The second kappa shape index (κ2) is 8.70. The SMILES string of the molecule is CN1C(=O)CC(C(=O)NCC2=CCNCC2)C1c1cccc(Cl)c1.Cl. The van der Waals surface area contributed by atoms with Gasteiger partial charge in [0.15, 0.2) is 0 Å². The van der Waals surface area contributed by atoms with Gasteiger partial charge in [-0.25, -0.2) is 0 Å². The van der Waals surface area contributed by atoms with Gasteiger partial charge in [-0.3, -0.25) is 9.59 Å². The average molecular weight is 384 g/mol. The number of halogens is 2. The van der Waals surface area contributed by atoms with E-state index in [4.69, 9.17) is 11.6 Å². The number of amides is 2. The summed E-state index contributed by atoms with van der Waals surface area (Å²) in [6.07, 6.45) is 3.30. The minimum Gasteiger partial charge on any atom is -0.352 e. The number of hydrogen-bond donors (Lipinski definition) is 2. The first kappa shape index (κ1) is 19.8. The zero-order valence-electron chi connectivity index (χ0n) is 14.1. The first-order chi connectivity index (χ1) is 11.6. The molecule has 2 aliphatic heterocycles. The average Bonchev–Trinajstić information content (AvgIpc) is 2.89. The molecule has 0 radical (unpaired) electrons. The molecule has 7 heteroatoms. The lowest BCUT2D eigenvalue weighted by atomic mass is 9.92. The van der Waals surface area contributed by atoms with Crippen molar-refractivity contribution in [2.75, 3.05) is 26.7 Å². The first-order valence-electron chi connectivity index (χ1n) is 8.23. The fourth-order valence-corrected chi connectivity index (χ4v) is 3.61. The maximum absolute atomic E-state index is 12.7. The van der Waals surface area contributed by atoms with E-state index in [0.717, 1.165) is 25.1 Å². The zero-order chi connectivity index (χ0) is 17.1. The normalized spacial score (nSPS) is 23.0. The molecule has 2 atom stereocenters. The Morgan fingerprint density at radius 2 is 2.24 bits per heavy atom. The highest BCUT2D eigenvalue weighted by molar-refractivity contribution is 6.30. The molecule has 1 aromatic rings. The molecule has 25 heavy (non-hydrogen) atoms. The van der Waals surface area contributed by atoms with Gasteiger partial charge < -0.3 is 15.5 Å². The van der Waals surface area contributed by atoms with Crippen molar-refractivity contribution in [3.63, 3.8) is 0 Å². The molecule has 0 bridgehead atoms. The van der Waals surface area contributed by atoms with Gasteiger partial charge in [-0.2, -0.15) is 0 Å². The largest absolute Gasteiger partial charge is 0.352 e. The van der Waals surface area contributed by atoms with Gasteiger partial charge in [0.25, 0.3) is 0 Å². The topological polar surface area (TPSA) is 61.4 Å². The Bertz CT molecular complexity index is 678. The second-order valence-electron chi connectivity index (χ2n) is 6.35.